The zero-order valence-corrected chi connectivity index (χ0v) is 12.9. The Kier molecular flexibility index (Phi) is 4.54. The third-order valence-electron chi connectivity index (χ3n) is 3.53. The molecule has 2 aromatic carbocycles. The molecule has 2 nitrogen and oxygen atoms in total. The number of hydrogen-bond donors (Lipinski definition) is 1. The van der Waals surface area contributed by atoms with Crippen molar-refractivity contribution in [2.45, 2.75) is 23.4 Å². The summed E-state index contributed by atoms with van der Waals surface area (Å²) >= 11 is 0.210. The predicted octanol–water partition coefficient (Wildman–Crippen LogP) is 2.33. The van der Waals surface area contributed by atoms with Crippen LogP contribution in [0.25, 0.3) is 0 Å². The fraction of sp³-hybridized carbons (Fsp3) is 0.294. The molecule has 0 amide bonds. The zero-order valence-electron chi connectivity index (χ0n) is 11.2. The Bertz CT molecular complexity index is 529. The Morgan fingerprint density at radius 1 is 0.950 bits per heavy atom. The van der Waals surface area contributed by atoms with Crippen molar-refractivity contribution in [2.75, 3.05) is 6.61 Å². The minimum absolute atomic E-state index is 0.0140. The molecule has 20 heavy (non-hydrogen) atoms. The van der Waals surface area contributed by atoms with E-state index in [0.29, 0.717) is 6.61 Å². The second-order valence-electron chi connectivity index (χ2n) is 4.95. The van der Waals surface area contributed by atoms with Crippen LogP contribution in [0.5, 0.6) is 0 Å². The molecule has 3 rings (SSSR count). The number of benzene rings is 2. The van der Waals surface area contributed by atoms with Gasteiger partial charge in [-0.05, 0) is 0 Å². The summed E-state index contributed by atoms with van der Waals surface area (Å²) < 4.78 is 7.29. The van der Waals surface area contributed by atoms with Crippen LogP contribution in [0, 0.1) is 0 Å². The second kappa shape index (κ2) is 6.55. The average molecular weight is 333 g/mol. The first-order valence-electron chi connectivity index (χ1n) is 6.91. The van der Waals surface area contributed by atoms with Crippen LogP contribution in [0.1, 0.15) is 18.1 Å². The van der Waals surface area contributed by atoms with Crippen LogP contribution in [-0.4, -0.2) is 32.8 Å². The molecule has 2 aromatic rings. The normalized spacial score (nSPS) is 26.4. The van der Waals surface area contributed by atoms with Crippen molar-refractivity contribution in [1.82, 2.24) is 0 Å². The molecule has 0 aliphatic carbocycles. The van der Waals surface area contributed by atoms with E-state index in [1.807, 2.05) is 24.3 Å². The number of ether oxygens (including phenoxy) is 1. The molecule has 0 bridgehead atoms. The van der Waals surface area contributed by atoms with E-state index in [0.717, 1.165) is 6.42 Å². The quantitative estimate of drug-likeness (QED) is 0.874. The molecule has 0 unspecified atom stereocenters. The molecule has 3 atom stereocenters. The van der Waals surface area contributed by atoms with Gasteiger partial charge in [0.2, 0.25) is 0 Å². The standard InChI is InChI=1S/C17H18O2Se/c18-15-11-12-19-16(13-7-3-1-4-8-13)17(15)20-14-9-5-2-6-10-14/h1-10,15-18H,11-12H2/t15-,16-,17+/m0/s1. The summed E-state index contributed by atoms with van der Waals surface area (Å²) in [4.78, 5) is 0.182. The van der Waals surface area contributed by atoms with Gasteiger partial charge in [0.1, 0.15) is 0 Å². The predicted molar refractivity (Wildman–Crippen MR) is 81.3 cm³/mol. The monoisotopic (exact) mass is 334 g/mol. The van der Waals surface area contributed by atoms with Crippen LogP contribution in [0.15, 0.2) is 60.7 Å². The van der Waals surface area contributed by atoms with Gasteiger partial charge in [0, 0.05) is 0 Å². The minimum atomic E-state index is -0.269. The molecular formula is C17H18O2Se. The van der Waals surface area contributed by atoms with E-state index in [1.165, 1.54) is 10.0 Å². The molecular weight excluding hydrogens is 315 g/mol. The van der Waals surface area contributed by atoms with Gasteiger partial charge in [0.15, 0.2) is 0 Å². The van der Waals surface area contributed by atoms with Gasteiger partial charge >= 0.3 is 126 Å². The van der Waals surface area contributed by atoms with Crippen molar-refractivity contribution in [2.24, 2.45) is 0 Å². The van der Waals surface area contributed by atoms with Gasteiger partial charge in [-0.1, -0.05) is 0 Å². The van der Waals surface area contributed by atoms with E-state index in [9.17, 15) is 5.11 Å². The average Bonchev–Trinajstić information content (AvgIpc) is 2.51. The van der Waals surface area contributed by atoms with Gasteiger partial charge in [-0.25, -0.2) is 0 Å². The van der Waals surface area contributed by atoms with Gasteiger partial charge in [-0.2, -0.15) is 0 Å². The summed E-state index contributed by atoms with van der Waals surface area (Å²) in [7, 11) is 0. The van der Waals surface area contributed by atoms with Crippen LogP contribution in [-0.2, 0) is 4.74 Å². The summed E-state index contributed by atoms with van der Waals surface area (Å²) in [6.45, 7) is 0.641. The molecule has 1 N–H and O–H groups in total. The molecule has 1 fully saturated rings. The van der Waals surface area contributed by atoms with Gasteiger partial charge in [0.25, 0.3) is 0 Å². The number of rotatable bonds is 3. The van der Waals surface area contributed by atoms with Crippen molar-refractivity contribution in [3.05, 3.63) is 66.2 Å². The second-order valence-corrected chi connectivity index (χ2v) is 7.58. The van der Waals surface area contributed by atoms with Gasteiger partial charge in [-0.3, -0.25) is 0 Å². The molecule has 1 saturated heterocycles. The van der Waals surface area contributed by atoms with Crippen LogP contribution in [0.3, 0.4) is 0 Å². The molecule has 0 radical (unpaired) electrons. The summed E-state index contributed by atoms with van der Waals surface area (Å²) in [6, 6.07) is 20.7. The first-order valence-corrected chi connectivity index (χ1v) is 8.75. The van der Waals surface area contributed by atoms with Crippen LogP contribution < -0.4 is 4.46 Å². The summed E-state index contributed by atoms with van der Waals surface area (Å²) in [5.41, 5.74) is 1.18. The van der Waals surface area contributed by atoms with Gasteiger partial charge < -0.3 is 0 Å². The van der Waals surface area contributed by atoms with Crippen molar-refractivity contribution >= 4 is 19.4 Å². The van der Waals surface area contributed by atoms with Crippen molar-refractivity contribution < 1.29 is 9.84 Å². The third kappa shape index (κ3) is 3.13. The molecule has 1 heterocycles. The van der Waals surface area contributed by atoms with Crippen molar-refractivity contribution in [3.8, 4) is 0 Å². The summed E-state index contributed by atoms with van der Waals surface area (Å²) in [5, 5.41) is 10.4. The molecule has 0 aromatic heterocycles. The molecule has 3 heteroatoms. The summed E-state index contributed by atoms with van der Waals surface area (Å²) in [5.74, 6) is 0. The first-order chi connectivity index (χ1) is 9.84. The van der Waals surface area contributed by atoms with E-state index in [4.69, 9.17) is 4.74 Å². The van der Waals surface area contributed by atoms with E-state index >= 15 is 0 Å². The maximum absolute atomic E-state index is 10.4. The van der Waals surface area contributed by atoms with E-state index in [2.05, 4.69) is 36.4 Å². The Balaban J connectivity index is 1.84. The first kappa shape index (κ1) is 13.8. The Labute approximate surface area is 125 Å². The fourth-order valence-electron chi connectivity index (χ4n) is 2.50. The molecule has 0 saturated carbocycles. The van der Waals surface area contributed by atoms with E-state index in [1.54, 1.807) is 0 Å². The number of hydrogen-bond acceptors (Lipinski definition) is 2. The molecule has 1 aliphatic heterocycles. The Hall–Kier alpha value is -1.12. The van der Waals surface area contributed by atoms with Gasteiger partial charge in [-0.15, -0.1) is 0 Å². The van der Waals surface area contributed by atoms with Gasteiger partial charge in [0.05, 0.1) is 0 Å². The third-order valence-corrected chi connectivity index (χ3v) is 6.42. The van der Waals surface area contributed by atoms with Crippen molar-refractivity contribution in [1.29, 1.82) is 0 Å². The fourth-order valence-corrected chi connectivity index (χ4v) is 5.19. The number of aliphatic hydroxyl groups is 1. The van der Waals surface area contributed by atoms with Crippen LogP contribution >= 0.6 is 0 Å². The molecule has 0 spiro atoms. The Morgan fingerprint density at radius 2 is 1.60 bits per heavy atom. The molecule has 104 valence electrons. The van der Waals surface area contributed by atoms with Crippen LogP contribution in [0.4, 0.5) is 0 Å². The van der Waals surface area contributed by atoms with E-state index < -0.39 is 0 Å². The number of aliphatic hydroxyl groups excluding tert-OH is 1. The molecule has 1 aliphatic rings. The maximum atomic E-state index is 10.4. The topological polar surface area (TPSA) is 29.5 Å². The van der Waals surface area contributed by atoms with Crippen molar-refractivity contribution in [3.63, 3.8) is 0 Å². The summed E-state index contributed by atoms with van der Waals surface area (Å²) in [6.07, 6.45) is 0.483. The van der Waals surface area contributed by atoms with Crippen LogP contribution in [0.2, 0.25) is 4.82 Å². The SMILES string of the molecule is O[C@H]1CCO[C@@H](c2ccccc2)[C@@H]1[Se]c1ccccc1. The Morgan fingerprint density at radius 3 is 2.30 bits per heavy atom. The zero-order chi connectivity index (χ0) is 13.8. The van der Waals surface area contributed by atoms with E-state index in [-0.39, 0.29) is 32.0 Å².